The minimum Gasteiger partial charge on any atom is -0.491 e. The summed E-state index contributed by atoms with van der Waals surface area (Å²) >= 11 is 0. The molecule has 2 atom stereocenters. The summed E-state index contributed by atoms with van der Waals surface area (Å²) in [6.07, 6.45) is 7.82. The van der Waals surface area contributed by atoms with Gasteiger partial charge in [0.2, 0.25) is 0 Å². The van der Waals surface area contributed by atoms with Crippen molar-refractivity contribution in [2.75, 3.05) is 13.2 Å². The monoisotopic (exact) mass is 522 g/mol. The van der Waals surface area contributed by atoms with Crippen molar-refractivity contribution in [2.24, 2.45) is 17.8 Å². The van der Waals surface area contributed by atoms with E-state index in [1.165, 1.54) is 69.6 Å². The summed E-state index contributed by atoms with van der Waals surface area (Å²) in [6, 6.07) is 5.35. The first-order valence-electron chi connectivity index (χ1n) is 13.5. The van der Waals surface area contributed by atoms with E-state index in [0.29, 0.717) is 18.3 Å². The van der Waals surface area contributed by atoms with Crippen LogP contribution >= 0.6 is 0 Å². The molecule has 2 aromatic carbocycles. The zero-order valence-corrected chi connectivity index (χ0v) is 21.3. The standard InChI is InChI=1S/C30H35F5O2/c1-2-3-4-5-20-6-8-21(9-7-20)22-10-11-25(36-18-22)19-37-24-12-13-26-23(16-24)17-28(31)27(29(26)32)14-15-30(33,34)35/h12-13,16-17,20-22,25H,2-11,18-19H2,1H3. The largest absolute Gasteiger partial charge is 0.491 e. The summed E-state index contributed by atoms with van der Waals surface area (Å²) in [6.45, 7) is 3.33. The smallest absolute Gasteiger partial charge is 0.458 e. The van der Waals surface area contributed by atoms with Crippen LogP contribution in [0.2, 0.25) is 0 Å². The summed E-state index contributed by atoms with van der Waals surface area (Å²) in [5, 5.41) is 0.178. The van der Waals surface area contributed by atoms with Crippen LogP contribution in [0, 0.1) is 41.2 Å². The third-order valence-corrected chi connectivity index (χ3v) is 7.94. The number of hydrogen-bond donors (Lipinski definition) is 0. The third-order valence-electron chi connectivity index (χ3n) is 7.94. The Labute approximate surface area is 215 Å². The van der Waals surface area contributed by atoms with E-state index in [9.17, 15) is 22.0 Å². The first-order valence-corrected chi connectivity index (χ1v) is 13.5. The average Bonchev–Trinajstić information content (AvgIpc) is 2.87. The second-order valence-corrected chi connectivity index (χ2v) is 10.6. The zero-order valence-electron chi connectivity index (χ0n) is 21.3. The maximum absolute atomic E-state index is 14.6. The van der Waals surface area contributed by atoms with Crippen LogP contribution in [0.4, 0.5) is 22.0 Å². The molecule has 7 heteroatoms. The molecular formula is C30H35F5O2. The number of hydrogen-bond acceptors (Lipinski definition) is 2. The van der Waals surface area contributed by atoms with Crippen molar-refractivity contribution in [1.82, 2.24) is 0 Å². The van der Waals surface area contributed by atoms with Crippen LogP contribution in [0.5, 0.6) is 5.75 Å². The molecule has 2 aliphatic rings. The molecule has 1 aliphatic heterocycles. The topological polar surface area (TPSA) is 18.5 Å². The Kier molecular flexibility index (Phi) is 9.34. The summed E-state index contributed by atoms with van der Waals surface area (Å²) in [4.78, 5) is 0. The zero-order chi connectivity index (χ0) is 26.4. The highest BCUT2D eigenvalue weighted by molar-refractivity contribution is 5.86. The molecule has 1 aliphatic carbocycles. The SMILES string of the molecule is CCCCCC1CCC(C2CCC(COc3ccc4c(F)c(C#CC(F)(F)F)c(F)cc4c3)OC2)CC1. The Morgan fingerprint density at radius 3 is 2.41 bits per heavy atom. The molecule has 4 rings (SSSR count). The Bertz CT molecular complexity index is 1100. The number of alkyl halides is 3. The highest BCUT2D eigenvalue weighted by atomic mass is 19.4. The molecule has 202 valence electrons. The average molecular weight is 523 g/mol. The van der Waals surface area contributed by atoms with Gasteiger partial charge < -0.3 is 9.47 Å². The van der Waals surface area contributed by atoms with Gasteiger partial charge in [-0.2, -0.15) is 13.2 Å². The highest BCUT2D eigenvalue weighted by Gasteiger charge is 2.31. The molecule has 2 aromatic rings. The maximum atomic E-state index is 14.6. The van der Waals surface area contributed by atoms with Gasteiger partial charge in [-0.1, -0.05) is 51.4 Å². The van der Waals surface area contributed by atoms with Crippen molar-refractivity contribution in [2.45, 2.75) is 83.4 Å². The lowest BCUT2D eigenvalue weighted by Gasteiger charge is -2.37. The second-order valence-electron chi connectivity index (χ2n) is 10.6. The van der Waals surface area contributed by atoms with Crippen LogP contribution in [0.3, 0.4) is 0 Å². The molecule has 0 bridgehead atoms. The van der Waals surface area contributed by atoms with Gasteiger partial charge >= 0.3 is 6.18 Å². The van der Waals surface area contributed by atoms with Crippen LogP contribution < -0.4 is 4.74 Å². The summed E-state index contributed by atoms with van der Waals surface area (Å²) in [5.74, 6) is 2.90. The van der Waals surface area contributed by atoms with E-state index in [2.05, 4.69) is 6.92 Å². The number of unbranched alkanes of at least 4 members (excludes halogenated alkanes) is 2. The van der Waals surface area contributed by atoms with Crippen molar-refractivity contribution in [3.8, 4) is 17.6 Å². The van der Waals surface area contributed by atoms with E-state index >= 15 is 0 Å². The van der Waals surface area contributed by atoms with Crippen LogP contribution in [0.25, 0.3) is 10.8 Å². The molecule has 1 saturated heterocycles. The van der Waals surface area contributed by atoms with Crippen molar-refractivity contribution in [1.29, 1.82) is 0 Å². The molecule has 1 saturated carbocycles. The number of rotatable bonds is 8. The van der Waals surface area contributed by atoms with Crippen LogP contribution in [-0.2, 0) is 4.74 Å². The molecule has 2 nitrogen and oxygen atoms in total. The molecule has 2 fully saturated rings. The third kappa shape index (κ3) is 7.60. The second kappa shape index (κ2) is 12.5. The summed E-state index contributed by atoms with van der Waals surface area (Å²) in [7, 11) is 0. The lowest BCUT2D eigenvalue weighted by Crippen LogP contribution is -2.35. The molecule has 0 N–H and O–H groups in total. The van der Waals surface area contributed by atoms with Gasteiger partial charge in [0.15, 0.2) is 0 Å². The molecule has 0 amide bonds. The molecular weight excluding hydrogens is 487 g/mol. The van der Waals surface area contributed by atoms with Gasteiger partial charge in [-0.3, -0.25) is 0 Å². The normalized spacial score (nSPS) is 24.5. The first kappa shape index (κ1) is 27.7. The van der Waals surface area contributed by atoms with Gasteiger partial charge in [0.1, 0.15) is 24.0 Å². The van der Waals surface area contributed by atoms with Gasteiger partial charge in [0.25, 0.3) is 0 Å². The minimum atomic E-state index is -4.83. The Balaban J connectivity index is 1.27. The van der Waals surface area contributed by atoms with Crippen LogP contribution in [0.1, 0.15) is 76.7 Å². The van der Waals surface area contributed by atoms with Gasteiger partial charge in [0.05, 0.1) is 18.3 Å². The van der Waals surface area contributed by atoms with Gasteiger partial charge in [0, 0.05) is 11.3 Å². The maximum Gasteiger partial charge on any atom is 0.458 e. The van der Waals surface area contributed by atoms with Crippen molar-refractivity contribution in [3.63, 3.8) is 0 Å². The lowest BCUT2D eigenvalue weighted by atomic mass is 9.73. The number of benzene rings is 2. The Hall–Kier alpha value is -2.33. The van der Waals surface area contributed by atoms with E-state index < -0.39 is 23.4 Å². The Morgan fingerprint density at radius 1 is 0.973 bits per heavy atom. The van der Waals surface area contributed by atoms with Crippen LogP contribution in [-0.4, -0.2) is 25.5 Å². The molecule has 0 aromatic heterocycles. The predicted octanol–water partition coefficient (Wildman–Crippen LogP) is 8.59. The molecule has 0 spiro atoms. The van der Waals surface area contributed by atoms with Gasteiger partial charge in [-0.15, -0.1) is 0 Å². The van der Waals surface area contributed by atoms with Crippen molar-refractivity contribution < 1.29 is 31.4 Å². The molecule has 37 heavy (non-hydrogen) atoms. The minimum absolute atomic E-state index is 0.0166. The highest BCUT2D eigenvalue weighted by Crippen LogP contribution is 2.39. The summed E-state index contributed by atoms with van der Waals surface area (Å²) in [5.41, 5.74) is -0.895. The van der Waals surface area contributed by atoms with E-state index in [4.69, 9.17) is 9.47 Å². The van der Waals surface area contributed by atoms with E-state index in [1.807, 2.05) is 0 Å². The Morgan fingerprint density at radius 2 is 1.73 bits per heavy atom. The fourth-order valence-electron chi connectivity index (χ4n) is 5.80. The number of halogens is 5. The fraction of sp³-hybridized carbons (Fsp3) is 0.600. The fourth-order valence-corrected chi connectivity index (χ4v) is 5.80. The quantitative estimate of drug-likeness (QED) is 0.196. The lowest BCUT2D eigenvalue weighted by molar-refractivity contribution is -0.0696. The van der Waals surface area contributed by atoms with Gasteiger partial charge in [-0.05, 0) is 73.1 Å². The molecule has 2 unspecified atom stereocenters. The number of fused-ring (bicyclic) bond motifs is 1. The van der Waals surface area contributed by atoms with Crippen LogP contribution in [0.15, 0.2) is 24.3 Å². The van der Waals surface area contributed by atoms with E-state index in [-0.39, 0.29) is 16.9 Å². The van der Waals surface area contributed by atoms with Crippen molar-refractivity contribution in [3.05, 3.63) is 41.5 Å². The molecule has 1 heterocycles. The molecule has 0 radical (unpaired) electrons. The first-order chi connectivity index (χ1) is 17.7. The number of ether oxygens (including phenoxy) is 2. The van der Waals surface area contributed by atoms with E-state index in [1.54, 1.807) is 5.92 Å². The van der Waals surface area contributed by atoms with Crippen molar-refractivity contribution >= 4 is 10.8 Å². The summed E-state index contributed by atoms with van der Waals surface area (Å²) < 4.78 is 77.9. The van der Waals surface area contributed by atoms with Gasteiger partial charge in [-0.25, -0.2) is 8.78 Å². The predicted molar refractivity (Wildman–Crippen MR) is 134 cm³/mol. The van der Waals surface area contributed by atoms with E-state index in [0.717, 1.165) is 43.3 Å².